The first kappa shape index (κ1) is 14.6. The van der Waals surface area contributed by atoms with Crippen molar-refractivity contribution in [3.8, 4) is 0 Å². The van der Waals surface area contributed by atoms with Crippen molar-refractivity contribution in [2.75, 3.05) is 5.33 Å². The van der Waals surface area contributed by atoms with Crippen molar-refractivity contribution in [3.63, 3.8) is 0 Å². The molecule has 0 rings (SSSR count). The quantitative estimate of drug-likeness (QED) is 0.808. The summed E-state index contributed by atoms with van der Waals surface area (Å²) >= 11 is 3.05. The van der Waals surface area contributed by atoms with Crippen molar-refractivity contribution in [1.82, 2.24) is 5.32 Å². The monoisotopic (exact) mass is 287 g/mol. The fourth-order valence-corrected chi connectivity index (χ4v) is 1.28. The highest BCUT2D eigenvalue weighted by atomic mass is 79.9. The summed E-state index contributed by atoms with van der Waals surface area (Å²) in [6.07, 6.45) is -3.50. The Morgan fingerprint density at radius 1 is 1.47 bits per heavy atom. The van der Waals surface area contributed by atoms with Gasteiger partial charge in [0.25, 0.3) is 0 Å². The number of nitrogens with one attached hydrogen (secondary N) is 1. The number of carbonyl (C=O) groups excluding carboxylic acids is 1. The fraction of sp³-hybridized carbons (Fsp3) is 0.889. The number of halogens is 3. The number of alkyl halides is 3. The molecular formula is C9H16BrF2NO2. The van der Waals surface area contributed by atoms with Gasteiger partial charge >= 0.3 is 6.09 Å². The first-order valence-electron chi connectivity index (χ1n) is 4.58. The summed E-state index contributed by atoms with van der Waals surface area (Å²) in [5.41, 5.74) is -0.619. The van der Waals surface area contributed by atoms with E-state index in [0.29, 0.717) is 0 Å². The Balaban J connectivity index is 4.02. The van der Waals surface area contributed by atoms with Crippen molar-refractivity contribution >= 4 is 22.0 Å². The van der Waals surface area contributed by atoms with Crippen molar-refractivity contribution in [1.29, 1.82) is 0 Å². The third-order valence-electron chi connectivity index (χ3n) is 1.37. The molecule has 0 aliphatic carbocycles. The summed E-state index contributed by atoms with van der Waals surface area (Å²) in [6, 6.07) is -0.611. The van der Waals surface area contributed by atoms with Crippen molar-refractivity contribution in [2.45, 2.75) is 45.3 Å². The number of hydrogen-bond acceptors (Lipinski definition) is 2. The van der Waals surface area contributed by atoms with E-state index in [9.17, 15) is 13.6 Å². The summed E-state index contributed by atoms with van der Waals surface area (Å²) in [4.78, 5) is 11.2. The summed E-state index contributed by atoms with van der Waals surface area (Å²) in [5, 5.41) is 2.64. The number of ether oxygens (including phenoxy) is 1. The van der Waals surface area contributed by atoms with Crippen molar-refractivity contribution in [3.05, 3.63) is 0 Å². The molecule has 0 fully saturated rings. The van der Waals surface area contributed by atoms with Gasteiger partial charge in [0, 0.05) is 17.8 Å². The second kappa shape index (κ2) is 6.25. The van der Waals surface area contributed by atoms with Gasteiger partial charge in [-0.05, 0) is 20.8 Å². The maximum absolute atomic E-state index is 12.0. The van der Waals surface area contributed by atoms with Crippen LogP contribution >= 0.6 is 15.9 Å². The van der Waals surface area contributed by atoms with Crippen LogP contribution in [0.5, 0.6) is 0 Å². The van der Waals surface area contributed by atoms with E-state index in [4.69, 9.17) is 4.74 Å². The average Bonchev–Trinajstić information content (AvgIpc) is 1.98. The molecule has 0 aromatic rings. The van der Waals surface area contributed by atoms with E-state index < -0.39 is 24.2 Å². The number of amides is 1. The standard InChI is InChI=1S/C9H16BrF2NO2/c1-9(2,3)15-8(14)13-6(5-10)4-7(11)12/h6-7H,4-5H2,1-3H3,(H,13,14). The van der Waals surface area contributed by atoms with E-state index >= 15 is 0 Å². The van der Waals surface area contributed by atoms with E-state index in [1.54, 1.807) is 20.8 Å². The molecule has 3 nitrogen and oxygen atoms in total. The minimum absolute atomic E-state index is 0.274. The first-order chi connectivity index (χ1) is 6.74. The number of carbonyl (C=O) groups is 1. The molecule has 0 aliphatic rings. The van der Waals surface area contributed by atoms with Gasteiger partial charge in [0.2, 0.25) is 6.43 Å². The van der Waals surface area contributed by atoms with Crippen LogP contribution in [-0.2, 0) is 4.74 Å². The Morgan fingerprint density at radius 2 is 2.00 bits per heavy atom. The Hall–Kier alpha value is -0.390. The molecule has 0 aromatic heterocycles. The lowest BCUT2D eigenvalue weighted by molar-refractivity contribution is 0.0483. The van der Waals surface area contributed by atoms with Crippen LogP contribution in [0.2, 0.25) is 0 Å². The van der Waals surface area contributed by atoms with Crippen LogP contribution in [0.4, 0.5) is 13.6 Å². The van der Waals surface area contributed by atoms with E-state index in [-0.39, 0.29) is 11.8 Å². The second-order valence-electron chi connectivity index (χ2n) is 4.12. The van der Waals surface area contributed by atoms with E-state index in [2.05, 4.69) is 21.2 Å². The molecule has 1 atom stereocenters. The minimum atomic E-state index is -2.44. The predicted octanol–water partition coefficient (Wildman–Crippen LogP) is 2.93. The third kappa shape index (κ3) is 8.59. The Morgan fingerprint density at radius 3 is 2.33 bits per heavy atom. The molecule has 0 spiro atoms. The van der Waals surface area contributed by atoms with Gasteiger partial charge in [-0.1, -0.05) is 15.9 Å². The summed E-state index contributed by atoms with van der Waals surface area (Å²) in [5.74, 6) is 0. The third-order valence-corrected chi connectivity index (χ3v) is 2.15. The molecule has 1 unspecified atom stereocenters. The maximum Gasteiger partial charge on any atom is 0.407 e. The van der Waals surface area contributed by atoms with Gasteiger partial charge in [-0.3, -0.25) is 0 Å². The Bertz CT molecular complexity index is 207. The lowest BCUT2D eigenvalue weighted by Gasteiger charge is -2.22. The largest absolute Gasteiger partial charge is 0.444 e. The molecule has 0 radical (unpaired) electrons. The lowest BCUT2D eigenvalue weighted by Crippen LogP contribution is -2.40. The summed E-state index contributed by atoms with van der Waals surface area (Å²) < 4.78 is 29.0. The normalized spacial score (nSPS) is 13.8. The molecule has 1 N–H and O–H groups in total. The number of hydrogen-bond donors (Lipinski definition) is 1. The van der Waals surface area contributed by atoms with Crippen molar-refractivity contribution < 1.29 is 18.3 Å². The van der Waals surface area contributed by atoms with Gasteiger partial charge in [-0.25, -0.2) is 13.6 Å². The van der Waals surface area contributed by atoms with Crippen LogP contribution in [-0.4, -0.2) is 29.5 Å². The molecule has 6 heteroatoms. The predicted molar refractivity (Wildman–Crippen MR) is 57.6 cm³/mol. The molecule has 0 bridgehead atoms. The lowest BCUT2D eigenvalue weighted by atomic mass is 10.2. The number of alkyl carbamates (subject to hydrolysis) is 1. The topological polar surface area (TPSA) is 38.3 Å². The van der Waals surface area contributed by atoms with Gasteiger partial charge in [-0.2, -0.15) is 0 Å². The van der Waals surface area contributed by atoms with Gasteiger partial charge in [0.15, 0.2) is 0 Å². The zero-order chi connectivity index (χ0) is 12.1. The molecule has 0 saturated carbocycles. The van der Waals surface area contributed by atoms with Crippen LogP contribution in [0.25, 0.3) is 0 Å². The van der Waals surface area contributed by atoms with E-state index in [1.807, 2.05) is 0 Å². The molecule has 0 saturated heterocycles. The van der Waals surface area contributed by atoms with Gasteiger partial charge in [0.1, 0.15) is 5.60 Å². The van der Waals surface area contributed by atoms with Gasteiger partial charge in [-0.15, -0.1) is 0 Å². The highest BCUT2D eigenvalue weighted by Crippen LogP contribution is 2.10. The Kier molecular flexibility index (Phi) is 6.09. The second-order valence-corrected chi connectivity index (χ2v) is 4.77. The highest BCUT2D eigenvalue weighted by Gasteiger charge is 2.20. The van der Waals surface area contributed by atoms with Crippen LogP contribution < -0.4 is 5.32 Å². The molecule has 1 amide bonds. The molecule has 90 valence electrons. The van der Waals surface area contributed by atoms with Crippen molar-refractivity contribution in [2.24, 2.45) is 0 Å². The zero-order valence-corrected chi connectivity index (χ0v) is 10.6. The number of rotatable bonds is 4. The molecule has 0 aliphatic heterocycles. The van der Waals surface area contributed by atoms with E-state index in [1.165, 1.54) is 0 Å². The van der Waals surface area contributed by atoms with Crippen LogP contribution in [0.3, 0.4) is 0 Å². The molecule has 0 heterocycles. The van der Waals surface area contributed by atoms with Gasteiger partial charge < -0.3 is 10.1 Å². The SMILES string of the molecule is CC(C)(C)OC(=O)NC(CBr)CC(F)F. The molecular weight excluding hydrogens is 272 g/mol. The average molecular weight is 288 g/mol. The highest BCUT2D eigenvalue weighted by molar-refractivity contribution is 9.09. The molecule has 0 aromatic carbocycles. The van der Waals surface area contributed by atoms with E-state index in [0.717, 1.165) is 0 Å². The zero-order valence-electron chi connectivity index (χ0n) is 9.02. The van der Waals surface area contributed by atoms with Gasteiger partial charge in [0.05, 0.1) is 0 Å². The summed E-state index contributed by atoms with van der Waals surface area (Å²) in [6.45, 7) is 5.13. The molecule has 15 heavy (non-hydrogen) atoms. The fourth-order valence-electron chi connectivity index (χ4n) is 0.850. The maximum atomic E-state index is 12.0. The van der Waals surface area contributed by atoms with Crippen LogP contribution in [0.15, 0.2) is 0 Å². The smallest absolute Gasteiger partial charge is 0.407 e. The van der Waals surface area contributed by atoms with Crippen LogP contribution in [0, 0.1) is 0 Å². The Labute approximate surface area is 96.7 Å². The first-order valence-corrected chi connectivity index (χ1v) is 5.70. The summed E-state index contributed by atoms with van der Waals surface area (Å²) in [7, 11) is 0. The van der Waals surface area contributed by atoms with Crippen LogP contribution in [0.1, 0.15) is 27.2 Å². The minimum Gasteiger partial charge on any atom is -0.444 e.